The van der Waals surface area contributed by atoms with Crippen LogP contribution in [0.2, 0.25) is 0 Å². The smallest absolute Gasteiger partial charge is 0.328 e. The average Bonchev–Trinajstić information content (AvgIpc) is 2.78. The van der Waals surface area contributed by atoms with Gasteiger partial charge in [-0.25, -0.2) is 4.79 Å². The second-order valence-corrected chi connectivity index (χ2v) is 9.55. The molecule has 0 N–H and O–H groups in total. The van der Waals surface area contributed by atoms with E-state index in [2.05, 4.69) is 6.92 Å². The third-order valence-corrected chi connectivity index (χ3v) is 6.85. The zero-order valence-corrected chi connectivity index (χ0v) is 21.6. The number of benzene rings is 1. The van der Waals surface area contributed by atoms with Crippen LogP contribution in [0, 0.1) is 20.8 Å². The van der Waals surface area contributed by atoms with Gasteiger partial charge in [0.15, 0.2) is 5.12 Å². The second-order valence-electron chi connectivity index (χ2n) is 8.52. The number of ether oxygens (including phenoxy) is 1. The Kier molecular flexibility index (Phi) is 13.3. The van der Waals surface area contributed by atoms with Crippen LogP contribution in [0.5, 0.6) is 0 Å². The molecular weight excluding hydrogens is 422 g/mol. The molecule has 0 unspecified atom stereocenters. The Morgan fingerprint density at radius 3 is 2.09 bits per heavy atom. The number of thioether (sulfide) groups is 1. The monoisotopic (exact) mass is 463 g/mol. The van der Waals surface area contributed by atoms with Crippen molar-refractivity contribution in [3.05, 3.63) is 28.8 Å². The van der Waals surface area contributed by atoms with E-state index in [9.17, 15) is 14.4 Å². The van der Waals surface area contributed by atoms with Gasteiger partial charge in [-0.2, -0.15) is 0 Å². The SMILES string of the molecule is CCCCCCCCCCC(=O)SCC(=O)N(c1c(C)ccc(C)c1C)[C@@H](C)C(=O)OC. The van der Waals surface area contributed by atoms with Gasteiger partial charge in [0.1, 0.15) is 6.04 Å². The number of hydrogen-bond acceptors (Lipinski definition) is 5. The van der Waals surface area contributed by atoms with Crippen molar-refractivity contribution in [2.75, 3.05) is 17.8 Å². The molecule has 0 radical (unpaired) electrons. The Morgan fingerprint density at radius 1 is 0.938 bits per heavy atom. The van der Waals surface area contributed by atoms with E-state index in [1.807, 2.05) is 32.9 Å². The van der Waals surface area contributed by atoms with Gasteiger partial charge in [0.2, 0.25) is 5.91 Å². The standard InChI is InChI=1S/C26H41NO4S/c1-7-8-9-10-11-12-13-14-15-24(29)32-18-23(28)27(22(5)26(30)31-6)25-20(3)17-16-19(2)21(25)4/h16-17,22H,7-15,18H2,1-6H3/t22-/m0/s1. The number of rotatable bonds is 14. The Hall–Kier alpha value is -1.82. The van der Waals surface area contributed by atoms with Crippen LogP contribution >= 0.6 is 11.8 Å². The first-order valence-corrected chi connectivity index (χ1v) is 12.8. The molecule has 0 aromatic heterocycles. The molecule has 1 aromatic carbocycles. The number of esters is 1. The van der Waals surface area contributed by atoms with E-state index < -0.39 is 12.0 Å². The predicted octanol–water partition coefficient (Wildman–Crippen LogP) is 6.30. The quantitative estimate of drug-likeness (QED) is 0.239. The lowest BCUT2D eigenvalue weighted by Crippen LogP contribution is -2.46. The molecule has 5 nitrogen and oxygen atoms in total. The summed E-state index contributed by atoms with van der Waals surface area (Å²) in [5, 5.41) is 0.0349. The number of methoxy groups -OCH3 is 1. The maximum atomic E-state index is 13.2. The van der Waals surface area contributed by atoms with E-state index in [-0.39, 0.29) is 16.8 Å². The molecule has 1 amide bonds. The fraction of sp³-hybridized carbons (Fsp3) is 0.654. The van der Waals surface area contributed by atoms with Crippen LogP contribution in [0.15, 0.2) is 12.1 Å². The molecule has 32 heavy (non-hydrogen) atoms. The van der Waals surface area contributed by atoms with Crippen molar-refractivity contribution in [2.45, 2.75) is 98.4 Å². The van der Waals surface area contributed by atoms with Crippen molar-refractivity contribution in [1.29, 1.82) is 0 Å². The maximum absolute atomic E-state index is 13.2. The molecule has 0 spiro atoms. The summed E-state index contributed by atoms with van der Waals surface area (Å²) >= 11 is 1.05. The maximum Gasteiger partial charge on any atom is 0.328 e. The average molecular weight is 464 g/mol. The second kappa shape index (κ2) is 15.1. The fourth-order valence-corrected chi connectivity index (χ4v) is 4.52. The Labute approximate surface area is 198 Å². The van der Waals surface area contributed by atoms with Gasteiger partial charge in [0, 0.05) is 6.42 Å². The number of carbonyl (C=O) groups is 3. The number of hydrogen-bond donors (Lipinski definition) is 0. The summed E-state index contributed by atoms with van der Waals surface area (Å²) < 4.78 is 4.90. The Morgan fingerprint density at radius 2 is 1.50 bits per heavy atom. The molecule has 0 saturated carbocycles. The summed E-state index contributed by atoms with van der Waals surface area (Å²) in [5.41, 5.74) is 3.62. The van der Waals surface area contributed by atoms with Gasteiger partial charge in [-0.15, -0.1) is 0 Å². The summed E-state index contributed by atoms with van der Waals surface area (Å²) in [6, 6.07) is 3.18. The van der Waals surface area contributed by atoms with Gasteiger partial charge in [0.25, 0.3) is 0 Å². The van der Waals surface area contributed by atoms with Crippen LogP contribution in [0.3, 0.4) is 0 Å². The van der Waals surface area contributed by atoms with E-state index in [0.717, 1.165) is 53.4 Å². The Bertz CT molecular complexity index is 762. The predicted molar refractivity (Wildman–Crippen MR) is 134 cm³/mol. The number of aryl methyl sites for hydroxylation is 2. The van der Waals surface area contributed by atoms with Crippen LogP contribution in [-0.2, 0) is 19.1 Å². The minimum absolute atomic E-state index is 0.0179. The van der Waals surface area contributed by atoms with Crippen LogP contribution in [0.25, 0.3) is 0 Å². The van der Waals surface area contributed by atoms with Crippen LogP contribution < -0.4 is 4.90 Å². The van der Waals surface area contributed by atoms with E-state index in [1.165, 1.54) is 44.1 Å². The molecule has 0 aliphatic rings. The molecule has 0 aliphatic carbocycles. The molecule has 0 saturated heterocycles. The molecule has 0 heterocycles. The van der Waals surface area contributed by atoms with E-state index in [4.69, 9.17) is 4.74 Å². The van der Waals surface area contributed by atoms with E-state index in [0.29, 0.717) is 6.42 Å². The van der Waals surface area contributed by atoms with Crippen molar-refractivity contribution >= 4 is 34.4 Å². The molecule has 6 heteroatoms. The minimum Gasteiger partial charge on any atom is -0.467 e. The number of unbranched alkanes of at least 4 members (excludes halogenated alkanes) is 7. The Balaban J connectivity index is 2.68. The molecule has 0 aliphatic heterocycles. The number of carbonyl (C=O) groups excluding carboxylic acids is 3. The summed E-state index contributed by atoms with van der Waals surface area (Å²) in [6.45, 7) is 9.73. The van der Waals surface area contributed by atoms with Crippen LogP contribution in [-0.4, -0.2) is 35.9 Å². The van der Waals surface area contributed by atoms with Gasteiger partial charge in [-0.3, -0.25) is 14.5 Å². The van der Waals surface area contributed by atoms with Crippen molar-refractivity contribution in [2.24, 2.45) is 0 Å². The normalized spacial score (nSPS) is 11.8. The minimum atomic E-state index is -0.768. The van der Waals surface area contributed by atoms with Gasteiger partial charge >= 0.3 is 5.97 Å². The van der Waals surface area contributed by atoms with Gasteiger partial charge < -0.3 is 4.74 Å². The molecule has 0 fully saturated rings. The topological polar surface area (TPSA) is 63.7 Å². The van der Waals surface area contributed by atoms with Gasteiger partial charge in [0.05, 0.1) is 18.6 Å². The lowest BCUT2D eigenvalue weighted by atomic mass is 10.0. The van der Waals surface area contributed by atoms with Crippen molar-refractivity contribution in [3.63, 3.8) is 0 Å². The third kappa shape index (κ3) is 8.97. The lowest BCUT2D eigenvalue weighted by Gasteiger charge is -2.31. The fourth-order valence-electron chi connectivity index (χ4n) is 3.80. The van der Waals surface area contributed by atoms with Gasteiger partial charge in [-0.1, -0.05) is 75.8 Å². The first kappa shape index (κ1) is 28.2. The van der Waals surface area contributed by atoms with Crippen molar-refractivity contribution < 1.29 is 19.1 Å². The van der Waals surface area contributed by atoms with Crippen molar-refractivity contribution in [3.8, 4) is 0 Å². The number of nitrogens with zero attached hydrogens (tertiary/aromatic N) is 1. The summed E-state index contributed by atoms with van der Waals surface area (Å²) in [5.74, 6) is -0.716. The van der Waals surface area contributed by atoms with Gasteiger partial charge in [-0.05, 0) is 50.8 Å². The van der Waals surface area contributed by atoms with Crippen LogP contribution in [0.4, 0.5) is 5.69 Å². The molecule has 1 aromatic rings. The lowest BCUT2D eigenvalue weighted by molar-refractivity contribution is -0.142. The van der Waals surface area contributed by atoms with E-state index >= 15 is 0 Å². The van der Waals surface area contributed by atoms with E-state index in [1.54, 1.807) is 6.92 Å². The summed E-state index contributed by atoms with van der Waals surface area (Å²) in [6.07, 6.45) is 9.94. The summed E-state index contributed by atoms with van der Waals surface area (Å²) in [7, 11) is 1.32. The van der Waals surface area contributed by atoms with Crippen LogP contribution in [0.1, 0.15) is 88.3 Å². The molecule has 180 valence electrons. The largest absolute Gasteiger partial charge is 0.467 e. The zero-order chi connectivity index (χ0) is 24.1. The third-order valence-electron chi connectivity index (χ3n) is 5.93. The van der Waals surface area contributed by atoms with Crippen molar-refractivity contribution in [1.82, 2.24) is 0 Å². The molecule has 1 atom stereocenters. The first-order chi connectivity index (χ1) is 15.2. The summed E-state index contributed by atoms with van der Waals surface area (Å²) in [4.78, 5) is 39.3. The zero-order valence-electron chi connectivity index (χ0n) is 20.8. The number of amides is 1. The molecule has 1 rings (SSSR count). The highest BCUT2D eigenvalue weighted by Crippen LogP contribution is 2.30. The molecular formula is C26H41NO4S. The first-order valence-electron chi connectivity index (χ1n) is 11.9. The highest BCUT2D eigenvalue weighted by atomic mass is 32.2. The highest BCUT2D eigenvalue weighted by Gasteiger charge is 2.30. The highest BCUT2D eigenvalue weighted by molar-refractivity contribution is 8.14. The molecule has 0 bridgehead atoms. The number of anilines is 1.